The molecule has 0 unspecified atom stereocenters. The summed E-state index contributed by atoms with van der Waals surface area (Å²) in [5, 5.41) is 0.552. The number of rotatable bonds is 6. The smallest absolute Gasteiger partial charge is 0.387 e. The molecule has 0 aliphatic heterocycles. The number of halogens is 3. The summed E-state index contributed by atoms with van der Waals surface area (Å²) in [6.07, 6.45) is 0. The summed E-state index contributed by atoms with van der Waals surface area (Å²) in [6, 6.07) is 9.96. The number of carbonyl (C=O) groups is 2. The van der Waals surface area contributed by atoms with E-state index in [1.54, 1.807) is 25.1 Å². The fraction of sp³-hybridized carbons (Fsp3) is 0.176. The van der Waals surface area contributed by atoms with Gasteiger partial charge in [-0.1, -0.05) is 11.6 Å². The Kier molecular flexibility index (Phi) is 6.74. The van der Waals surface area contributed by atoms with E-state index in [4.69, 9.17) is 16.3 Å². The molecule has 0 fully saturated rings. The number of amides is 2. The largest absolute Gasteiger partial charge is 0.483 e. The summed E-state index contributed by atoms with van der Waals surface area (Å²) < 4.78 is 33.6. The highest BCUT2D eigenvalue weighted by Crippen LogP contribution is 2.21. The summed E-state index contributed by atoms with van der Waals surface area (Å²) in [6.45, 7) is -1.48. The number of hydrogen-bond acceptors (Lipinski definition) is 4. The van der Waals surface area contributed by atoms with Gasteiger partial charge in [0.05, 0.1) is 0 Å². The van der Waals surface area contributed by atoms with Crippen LogP contribution in [0.2, 0.25) is 5.02 Å². The predicted octanol–water partition coefficient (Wildman–Crippen LogP) is 3.09. The molecule has 2 rings (SSSR count). The molecule has 0 aliphatic carbocycles. The normalized spacial score (nSPS) is 10.3. The Morgan fingerprint density at radius 2 is 1.81 bits per heavy atom. The highest BCUT2D eigenvalue weighted by Gasteiger charge is 2.10. The maximum atomic E-state index is 12.1. The number of hydrazine groups is 1. The van der Waals surface area contributed by atoms with Crippen LogP contribution in [0.15, 0.2) is 42.5 Å². The van der Waals surface area contributed by atoms with Gasteiger partial charge >= 0.3 is 6.61 Å². The third-order valence-corrected chi connectivity index (χ3v) is 3.39. The van der Waals surface area contributed by atoms with Crippen LogP contribution >= 0.6 is 11.6 Å². The minimum absolute atomic E-state index is 0.0766. The standard InChI is InChI=1S/C17H15ClF2N2O4/c1-10-8-12(18)4-7-14(10)25-9-15(23)21-22-16(24)11-2-5-13(6-3-11)26-17(19)20/h2-8,17H,9H2,1H3,(H,21,23)(H,22,24). The Hall–Kier alpha value is -2.87. The van der Waals surface area contributed by atoms with Gasteiger partial charge in [0.2, 0.25) is 0 Å². The maximum absolute atomic E-state index is 12.1. The van der Waals surface area contributed by atoms with E-state index < -0.39 is 18.4 Å². The Balaban J connectivity index is 1.80. The molecule has 0 spiro atoms. The molecule has 0 heterocycles. The first-order valence-corrected chi connectivity index (χ1v) is 7.76. The van der Waals surface area contributed by atoms with Crippen molar-refractivity contribution in [2.45, 2.75) is 13.5 Å². The molecule has 26 heavy (non-hydrogen) atoms. The van der Waals surface area contributed by atoms with Crippen molar-refractivity contribution in [2.24, 2.45) is 0 Å². The Morgan fingerprint density at radius 1 is 1.12 bits per heavy atom. The molecule has 2 aromatic carbocycles. The van der Waals surface area contributed by atoms with Gasteiger partial charge in [-0.25, -0.2) is 0 Å². The molecule has 0 saturated heterocycles. The Morgan fingerprint density at radius 3 is 2.42 bits per heavy atom. The van der Waals surface area contributed by atoms with E-state index in [0.717, 1.165) is 5.56 Å². The second-order valence-electron chi connectivity index (χ2n) is 5.10. The fourth-order valence-corrected chi connectivity index (χ4v) is 2.17. The quantitative estimate of drug-likeness (QED) is 0.750. The van der Waals surface area contributed by atoms with E-state index in [2.05, 4.69) is 15.6 Å². The predicted molar refractivity (Wildman–Crippen MR) is 90.4 cm³/mol. The van der Waals surface area contributed by atoms with Gasteiger partial charge in [-0.3, -0.25) is 20.4 Å². The molecular weight excluding hydrogens is 370 g/mol. The molecule has 0 aliphatic rings. The van der Waals surface area contributed by atoms with Gasteiger partial charge in [0.15, 0.2) is 6.61 Å². The average Bonchev–Trinajstić information content (AvgIpc) is 2.59. The number of carbonyl (C=O) groups excluding carboxylic acids is 2. The lowest BCUT2D eigenvalue weighted by molar-refractivity contribution is -0.123. The Labute approximate surface area is 153 Å². The van der Waals surface area contributed by atoms with Gasteiger partial charge in [0, 0.05) is 10.6 Å². The number of benzene rings is 2. The van der Waals surface area contributed by atoms with Crippen LogP contribution in [-0.2, 0) is 4.79 Å². The van der Waals surface area contributed by atoms with Gasteiger partial charge in [-0.15, -0.1) is 0 Å². The van der Waals surface area contributed by atoms with Crippen LogP contribution in [0, 0.1) is 6.92 Å². The number of aryl methyl sites for hydroxylation is 1. The fourth-order valence-electron chi connectivity index (χ4n) is 1.94. The van der Waals surface area contributed by atoms with E-state index >= 15 is 0 Å². The van der Waals surface area contributed by atoms with E-state index in [9.17, 15) is 18.4 Å². The molecule has 0 bridgehead atoms. The molecule has 2 aromatic rings. The highest BCUT2D eigenvalue weighted by molar-refractivity contribution is 6.30. The van der Waals surface area contributed by atoms with Crippen LogP contribution < -0.4 is 20.3 Å². The van der Waals surface area contributed by atoms with Crippen molar-refractivity contribution in [1.82, 2.24) is 10.9 Å². The van der Waals surface area contributed by atoms with Crippen LogP contribution in [0.5, 0.6) is 11.5 Å². The van der Waals surface area contributed by atoms with E-state index in [-0.39, 0.29) is 17.9 Å². The van der Waals surface area contributed by atoms with Crippen molar-refractivity contribution in [3.63, 3.8) is 0 Å². The lowest BCUT2D eigenvalue weighted by Crippen LogP contribution is -2.43. The number of alkyl halides is 2. The summed E-state index contributed by atoms with van der Waals surface area (Å²) in [4.78, 5) is 23.6. The van der Waals surface area contributed by atoms with Crippen molar-refractivity contribution >= 4 is 23.4 Å². The van der Waals surface area contributed by atoms with Gasteiger partial charge < -0.3 is 9.47 Å². The van der Waals surface area contributed by atoms with Gasteiger partial charge in [0.25, 0.3) is 11.8 Å². The summed E-state index contributed by atoms with van der Waals surface area (Å²) in [7, 11) is 0. The summed E-state index contributed by atoms with van der Waals surface area (Å²) in [5.41, 5.74) is 5.30. The third kappa shape index (κ3) is 5.89. The zero-order valence-electron chi connectivity index (χ0n) is 13.6. The minimum Gasteiger partial charge on any atom is -0.483 e. The lowest BCUT2D eigenvalue weighted by atomic mass is 10.2. The Bertz CT molecular complexity index is 785. The average molecular weight is 385 g/mol. The zero-order valence-corrected chi connectivity index (χ0v) is 14.3. The highest BCUT2D eigenvalue weighted by atomic mass is 35.5. The molecule has 2 amide bonds. The third-order valence-electron chi connectivity index (χ3n) is 3.15. The summed E-state index contributed by atoms with van der Waals surface area (Å²) >= 11 is 5.83. The molecule has 6 nitrogen and oxygen atoms in total. The van der Waals surface area contributed by atoms with Crippen LogP contribution in [-0.4, -0.2) is 25.0 Å². The molecule has 0 saturated carbocycles. The van der Waals surface area contributed by atoms with Crippen molar-refractivity contribution in [3.8, 4) is 11.5 Å². The van der Waals surface area contributed by atoms with Crippen LogP contribution in [0.1, 0.15) is 15.9 Å². The second-order valence-corrected chi connectivity index (χ2v) is 5.54. The van der Waals surface area contributed by atoms with Gasteiger partial charge in [-0.05, 0) is 55.0 Å². The molecule has 0 radical (unpaired) electrons. The zero-order chi connectivity index (χ0) is 19.1. The van der Waals surface area contributed by atoms with Crippen LogP contribution in [0.3, 0.4) is 0 Å². The first-order chi connectivity index (χ1) is 12.3. The maximum Gasteiger partial charge on any atom is 0.387 e. The topological polar surface area (TPSA) is 76.7 Å². The molecule has 0 aromatic heterocycles. The van der Waals surface area contributed by atoms with Gasteiger partial charge in [0.1, 0.15) is 11.5 Å². The SMILES string of the molecule is Cc1cc(Cl)ccc1OCC(=O)NNC(=O)c1ccc(OC(F)F)cc1. The molecule has 138 valence electrons. The minimum atomic E-state index is -2.95. The van der Waals surface area contributed by atoms with Crippen molar-refractivity contribution in [2.75, 3.05) is 6.61 Å². The summed E-state index contributed by atoms with van der Waals surface area (Å²) in [5.74, 6) is -0.784. The van der Waals surface area contributed by atoms with Crippen molar-refractivity contribution in [3.05, 3.63) is 58.6 Å². The monoisotopic (exact) mass is 384 g/mol. The van der Waals surface area contributed by atoms with Crippen molar-refractivity contribution < 1.29 is 27.8 Å². The van der Waals surface area contributed by atoms with E-state index in [1.165, 1.54) is 24.3 Å². The number of hydrogen-bond donors (Lipinski definition) is 2. The first-order valence-electron chi connectivity index (χ1n) is 7.38. The molecule has 2 N–H and O–H groups in total. The van der Waals surface area contributed by atoms with E-state index in [1.807, 2.05) is 0 Å². The molecular formula is C17H15ClF2N2O4. The van der Waals surface area contributed by atoms with Crippen LogP contribution in [0.4, 0.5) is 8.78 Å². The van der Waals surface area contributed by atoms with Gasteiger partial charge in [-0.2, -0.15) is 8.78 Å². The number of nitrogens with one attached hydrogen (secondary N) is 2. The second kappa shape index (κ2) is 9.00. The molecule has 9 heteroatoms. The molecule has 0 atom stereocenters. The number of ether oxygens (including phenoxy) is 2. The lowest BCUT2D eigenvalue weighted by Gasteiger charge is -2.11. The van der Waals surface area contributed by atoms with Crippen molar-refractivity contribution in [1.29, 1.82) is 0 Å². The van der Waals surface area contributed by atoms with E-state index in [0.29, 0.717) is 10.8 Å². The first kappa shape index (κ1) is 19.5. The van der Waals surface area contributed by atoms with Crippen LogP contribution in [0.25, 0.3) is 0 Å².